The highest BCUT2D eigenvalue weighted by molar-refractivity contribution is 7.11. The summed E-state index contributed by atoms with van der Waals surface area (Å²) < 4.78 is 21.7. The first-order valence-corrected chi connectivity index (χ1v) is 7.24. The predicted octanol–water partition coefficient (Wildman–Crippen LogP) is 2.81. The highest BCUT2D eigenvalue weighted by atomic mass is 32.1. The van der Waals surface area contributed by atoms with E-state index in [1.165, 1.54) is 0 Å². The zero-order chi connectivity index (χ0) is 15.2. The first-order chi connectivity index (χ1) is 10.2. The molecule has 0 saturated heterocycles. The Morgan fingerprint density at radius 1 is 0.952 bits per heavy atom. The molecule has 0 aliphatic rings. The highest BCUT2D eigenvalue weighted by Gasteiger charge is 2.14. The lowest BCUT2D eigenvalue weighted by Gasteiger charge is -2.14. The van der Waals surface area contributed by atoms with Gasteiger partial charge in [-0.1, -0.05) is 0 Å². The molecule has 0 radical (unpaired) electrons. The van der Waals surface area contributed by atoms with Crippen molar-refractivity contribution in [2.24, 2.45) is 5.73 Å². The fourth-order valence-electron chi connectivity index (χ4n) is 1.90. The van der Waals surface area contributed by atoms with Crippen molar-refractivity contribution in [3.05, 3.63) is 34.0 Å². The van der Waals surface area contributed by atoms with Crippen molar-refractivity contribution >= 4 is 11.3 Å². The zero-order valence-corrected chi connectivity index (χ0v) is 13.2. The molecule has 0 aliphatic carbocycles. The normalized spacial score (nSPS) is 10.3. The van der Waals surface area contributed by atoms with Crippen LogP contribution in [0, 0.1) is 0 Å². The van der Waals surface area contributed by atoms with Crippen molar-refractivity contribution in [3.8, 4) is 23.0 Å². The van der Waals surface area contributed by atoms with Gasteiger partial charge in [0.1, 0.15) is 12.4 Å². The van der Waals surface area contributed by atoms with E-state index in [-0.39, 0.29) is 0 Å². The van der Waals surface area contributed by atoms with Crippen LogP contribution < -0.4 is 24.7 Å². The third-order valence-corrected chi connectivity index (χ3v) is 4.02. The second-order valence-corrected chi connectivity index (χ2v) is 5.47. The number of nitrogens with two attached hydrogens (primary N) is 1. The van der Waals surface area contributed by atoms with E-state index in [2.05, 4.69) is 0 Å². The average Bonchev–Trinajstić information content (AvgIpc) is 2.99. The van der Waals surface area contributed by atoms with Crippen LogP contribution in [-0.4, -0.2) is 21.3 Å². The van der Waals surface area contributed by atoms with Crippen LogP contribution in [0.5, 0.6) is 23.0 Å². The van der Waals surface area contributed by atoms with Crippen molar-refractivity contribution in [2.45, 2.75) is 13.2 Å². The van der Waals surface area contributed by atoms with Gasteiger partial charge in [0.15, 0.2) is 11.5 Å². The maximum absolute atomic E-state index is 5.79. The van der Waals surface area contributed by atoms with Crippen molar-refractivity contribution in [1.29, 1.82) is 0 Å². The van der Waals surface area contributed by atoms with Crippen LogP contribution in [0.2, 0.25) is 0 Å². The summed E-state index contributed by atoms with van der Waals surface area (Å²) in [4.78, 5) is 2.25. The summed E-state index contributed by atoms with van der Waals surface area (Å²) in [6, 6.07) is 7.58. The Labute approximate surface area is 128 Å². The molecule has 1 aromatic carbocycles. The quantitative estimate of drug-likeness (QED) is 0.852. The van der Waals surface area contributed by atoms with Crippen LogP contribution in [-0.2, 0) is 13.2 Å². The summed E-state index contributed by atoms with van der Waals surface area (Å²) >= 11 is 1.64. The summed E-state index contributed by atoms with van der Waals surface area (Å²) in [7, 11) is 4.72. The van der Waals surface area contributed by atoms with Gasteiger partial charge in [-0.2, -0.15) is 0 Å². The minimum absolute atomic E-state index is 0.476. The van der Waals surface area contributed by atoms with E-state index >= 15 is 0 Å². The van der Waals surface area contributed by atoms with Crippen LogP contribution in [0.15, 0.2) is 24.3 Å². The molecule has 21 heavy (non-hydrogen) atoms. The lowest BCUT2D eigenvalue weighted by Crippen LogP contribution is -1.98. The number of benzene rings is 1. The Hall–Kier alpha value is -1.92. The fourth-order valence-corrected chi connectivity index (χ4v) is 2.71. The molecule has 2 N–H and O–H groups in total. The van der Waals surface area contributed by atoms with Crippen LogP contribution in [0.4, 0.5) is 0 Å². The molecule has 0 bridgehead atoms. The molecule has 0 unspecified atom stereocenters. The molecule has 2 aromatic rings. The number of thiophene rings is 1. The second-order valence-electron chi connectivity index (χ2n) is 4.22. The molecule has 1 heterocycles. The van der Waals surface area contributed by atoms with Crippen LogP contribution in [0.25, 0.3) is 0 Å². The summed E-state index contributed by atoms with van der Waals surface area (Å²) in [6.07, 6.45) is 0. The van der Waals surface area contributed by atoms with Gasteiger partial charge in [0.25, 0.3) is 0 Å². The van der Waals surface area contributed by atoms with E-state index in [0.29, 0.717) is 36.1 Å². The lowest BCUT2D eigenvalue weighted by molar-refractivity contribution is 0.293. The maximum Gasteiger partial charge on any atom is 0.203 e. The van der Waals surface area contributed by atoms with Crippen molar-refractivity contribution in [3.63, 3.8) is 0 Å². The minimum atomic E-state index is 0.476. The predicted molar refractivity (Wildman–Crippen MR) is 82.6 cm³/mol. The Morgan fingerprint density at radius 2 is 1.57 bits per heavy atom. The second kappa shape index (κ2) is 7.19. The van der Waals surface area contributed by atoms with E-state index in [9.17, 15) is 0 Å². The molecule has 0 fully saturated rings. The van der Waals surface area contributed by atoms with Gasteiger partial charge < -0.3 is 24.7 Å². The lowest BCUT2D eigenvalue weighted by atomic mass is 10.2. The molecule has 0 atom stereocenters. The Balaban J connectivity index is 2.15. The van der Waals surface area contributed by atoms with Crippen molar-refractivity contribution in [1.82, 2.24) is 0 Å². The van der Waals surface area contributed by atoms with Gasteiger partial charge in [0, 0.05) is 28.4 Å². The van der Waals surface area contributed by atoms with E-state index in [4.69, 9.17) is 24.7 Å². The first-order valence-electron chi connectivity index (χ1n) is 6.42. The number of rotatable bonds is 7. The topological polar surface area (TPSA) is 62.9 Å². The summed E-state index contributed by atoms with van der Waals surface area (Å²) in [5.74, 6) is 2.35. The van der Waals surface area contributed by atoms with E-state index in [1.807, 2.05) is 12.1 Å². The molecule has 114 valence electrons. The summed E-state index contributed by atoms with van der Waals surface area (Å²) in [6.45, 7) is 1.03. The summed E-state index contributed by atoms with van der Waals surface area (Å²) in [5, 5.41) is 0. The molecule has 0 spiro atoms. The van der Waals surface area contributed by atoms with Gasteiger partial charge in [0.2, 0.25) is 5.75 Å². The van der Waals surface area contributed by atoms with Gasteiger partial charge in [0.05, 0.1) is 21.3 Å². The standard InChI is InChI=1S/C15H19NO4S/c1-17-13-6-10(7-14(18-2)15(13)19-3)20-9-12-5-4-11(8-16)21-12/h4-7H,8-9,16H2,1-3H3. The van der Waals surface area contributed by atoms with E-state index in [0.717, 1.165) is 9.75 Å². The van der Waals surface area contributed by atoms with E-state index < -0.39 is 0 Å². The Morgan fingerprint density at radius 3 is 2.05 bits per heavy atom. The number of methoxy groups -OCH3 is 3. The molecule has 5 nitrogen and oxygen atoms in total. The molecular weight excluding hydrogens is 290 g/mol. The molecule has 1 aromatic heterocycles. The van der Waals surface area contributed by atoms with Gasteiger partial charge in [-0.15, -0.1) is 11.3 Å². The average molecular weight is 309 g/mol. The summed E-state index contributed by atoms with van der Waals surface area (Å²) in [5.41, 5.74) is 5.60. The molecule has 0 saturated carbocycles. The molecule has 0 amide bonds. The van der Waals surface area contributed by atoms with Gasteiger partial charge in [-0.05, 0) is 12.1 Å². The number of hydrogen-bond acceptors (Lipinski definition) is 6. The van der Waals surface area contributed by atoms with Crippen molar-refractivity contribution in [2.75, 3.05) is 21.3 Å². The largest absolute Gasteiger partial charge is 0.493 e. The number of ether oxygens (including phenoxy) is 4. The molecule has 6 heteroatoms. The smallest absolute Gasteiger partial charge is 0.203 e. The van der Waals surface area contributed by atoms with Crippen LogP contribution in [0.1, 0.15) is 9.75 Å². The molecule has 0 aliphatic heterocycles. The third-order valence-electron chi connectivity index (χ3n) is 2.94. The fraction of sp³-hybridized carbons (Fsp3) is 0.333. The first kappa shape index (κ1) is 15.5. The third kappa shape index (κ3) is 3.59. The van der Waals surface area contributed by atoms with Gasteiger partial charge in [-0.3, -0.25) is 0 Å². The van der Waals surface area contributed by atoms with Gasteiger partial charge >= 0.3 is 0 Å². The van der Waals surface area contributed by atoms with Crippen LogP contribution >= 0.6 is 11.3 Å². The van der Waals surface area contributed by atoms with E-state index in [1.54, 1.807) is 44.8 Å². The monoisotopic (exact) mass is 309 g/mol. The maximum atomic E-state index is 5.79. The van der Waals surface area contributed by atoms with Gasteiger partial charge in [-0.25, -0.2) is 0 Å². The highest BCUT2D eigenvalue weighted by Crippen LogP contribution is 2.41. The van der Waals surface area contributed by atoms with Crippen molar-refractivity contribution < 1.29 is 18.9 Å². The van der Waals surface area contributed by atoms with Crippen LogP contribution in [0.3, 0.4) is 0 Å². The Bertz CT molecular complexity index is 572. The molecular formula is C15H19NO4S. The number of hydrogen-bond donors (Lipinski definition) is 1. The molecule has 2 rings (SSSR count). The minimum Gasteiger partial charge on any atom is -0.493 e. The Kier molecular flexibility index (Phi) is 5.30. The zero-order valence-electron chi connectivity index (χ0n) is 12.3. The SMILES string of the molecule is COc1cc(OCc2ccc(CN)s2)cc(OC)c1OC.